The predicted octanol–water partition coefficient (Wildman–Crippen LogP) is 2.02. The number of ether oxygens (including phenoxy) is 1. The summed E-state index contributed by atoms with van der Waals surface area (Å²) in [4.78, 5) is 11.1. The summed E-state index contributed by atoms with van der Waals surface area (Å²) in [5.41, 5.74) is 0.985. The van der Waals surface area contributed by atoms with E-state index in [1.54, 1.807) is 38.1 Å². The molecule has 1 aromatic carbocycles. The van der Waals surface area contributed by atoms with E-state index in [0.717, 1.165) is 0 Å². The van der Waals surface area contributed by atoms with Crippen molar-refractivity contribution in [2.24, 2.45) is 0 Å². The molecule has 1 rings (SSSR count). The molecule has 100 valence electrons. The van der Waals surface area contributed by atoms with Crippen molar-refractivity contribution in [3.05, 3.63) is 24.3 Å². The quantitative estimate of drug-likeness (QED) is 0.858. The highest BCUT2D eigenvalue weighted by Crippen LogP contribution is 2.15. The fourth-order valence-electron chi connectivity index (χ4n) is 1.16. The molecular formula is C11H16N2O4S. The Morgan fingerprint density at radius 3 is 2.22 bits per heavy atom. The van der Waals surface area contributed by atoms with Crippen LogP contribution in [0.1, 0.15) is 13.8 Å². The van der Waals surface area contributed by atoms with Gasteiger partial charge in [-0.1, -0.05) is 0 Å². The predicted molar refractivity (Wildman–Crippen MR) is 70.2 cm³/mol. The number of sulfonamides is 1. The summed E-state index contributed by atoms with van der Waals surface area (Å²) in [5, 5.41) is 2.51. The first-order valence-corrected chi connectivity index (χ1v) is 7.16. The number of carbonyl (C=O) groups excluding carboxylic acids is 1. The van der Waals surface area contributed by atoms with Crippen LogP contribution in [0.25, 0.3) is 0 Å². The van der Waals surface area contributed by atoms with Gasteiger partial charge in [-0.15, -0.1) is 0 Å². The summed E-state index contributed by atoms with van der Waals surface area (Å²) in [6.45, 7) is 3.56. The number of anilines is 2. The van der Waals surface area contributed by atoms with Crippen LogP contribution < -0.4 is 10.0 Å². The second-order valence-corrected chi connectivity index (χ2v) is 5.44. The molecule has 0 aromatic heterocycles. The molecule has 1 aromatic rings. The van der Waals surface area contributed by atoms with Crippen LogP contribution in [0.15, 0.2) is 24.3 Å². The van der Waals surface area contributed by atoms with Gasteiger partial charge in [0.25, 0.3) is 0 Å². The number of hydrogen-bond acceptors (Lipinski definition) is 4. The SMILES string of the molecule is CCOC(=O)Nc1ccc(NS(=O)(=O)CC)cc1. The molecule has 0 aliphatic rings. The van der Waals surface area contributed by atoms with E-state index in [1.807, 2.05) is 0 Å². The maximum Gasteiger partial charge on any atom is 0.411 e. The topological polar surface area (TPSA) is 84.5 Å². The molecule has 18 heavy (non-hydrogen) atoms. The van der Waals surface area contributed by atoms with Gasteiger partial charge in [0.05, 0.1) is 12.4 Å². The maximum atomic E-state index is 11.3. The Kier molecular flexibility index (Phi) is 4.96. The van der Waals surface area contributed by atoms with E-state index in [4.69, 9.17) is 4.74 Å². The first-order valence-electron chi connectivity index (χ1n) is 5.51. The first-order chi connectivity index (χ1) is 8.46. The van der Waals surface area contributed by atoms with Crippen molar-refractivity contribution < 1.29 is 17.9 Å². The van der Waals surface area contributed by atoms with Gasteiger partial charge in [0, 0.05) is 11.4 Å². The molecule has 0 radical (unpaired) electrons. The number of nitrogens with one attached hydrogen (secondary N) is 2. The average Bonchev–Trinajstić information content (AvgIpc) is 2.32. The molecule has 0 bridgehead atoms. The van der Waals surface area contributed by atoms with E-state index in [-0.39, 0.29) is 5.75 Å². The van der Waals surface area contributed by atoms with Gasteiger partial charge in [-0.3, -0.25) is 10.0 Å². The molecule has 7 heteroatoms. The van der Waals surface area contributed by atoms with Gasteiger partial charge in [-0.25, -0.2) is 13.2 Å². The zero-order chi connectivity index (χ0) is 13.6. The first kappa shape index (κ1) is 14.3. The second-order valence-electron chi connectivity index (χ2n) is 3.43. The third kappa shape index (κ3) is 4.62. The minimum atomic E-state index is -3.28. The van der Waals surface area contributed by atoms with E-state index in [1.165, 1.54) is 0 Å². The minimum Gasteiger partial charge on any atom is -0.450 e. The number of amides is 1. The van der Waals surface area contributed by atoms with Crippen LogP contribution in [0.4, 0.5) is 16.2 Å². The molecular weight excluding hydrogens is 256 g/mol. The van der Waals surface area contributed by atoms with Gasteiger partial charge in [-0.05, 0) is 38.1 Å². The van der Waals surface area contributed by atoms with Gasteiger partial charge < -0.3 is 4.74 Å². The van der Waals surface area contributed by atoms with E-state index >= 15 is 0 Å². The van der Waals surface area contributed by atoms with Crippen molar-refractivity contribution in [2.75, 3.05) is 22.4 Å². The summed E-state index contributed by atoms with van der Waals surface area (Å²) in [6, 6.07) is 6.30. The van der Waals surface area contributed by atoms with Crippen molar-refractivity contribution in [1.29, 1.82) is 0 Å². The smallest absolute Gasteiger partial charge is 0.411 e. The summed E-state index contributed by atoms with van der Waals surface area (Å²) >= 11 is 0. The van der Waals surface area contributed by atoms with Crippen LogP contribution in [0.2, 0.25) is 0 Å². The van der Waals surface area contributed by atoms with Gasteiger partial charge in [-0.2, -0.15) is 0 Å². The van der Waals surface area contributed by atoms with Crippen molar-refractivity contribution in [1.82, 2.24) is 0 Å². The maximum absolute atomic E-state index is 11.3. The highest BCUT2D eigenvalue weighted by atomic mass is 32.2. The molecule has 0 fully saturated rings. The molecule has 1 amide bonds. The van der Waals surface area contributed by atoms with Crippen LogP contribution in [0.5, 0.6) is 0 Å². The monoisotopic (exact) mass is 272 g/mol. The standard InChI is InChI=1S/C11H16N2O4S/c1-3-17-11(14)12-9-5-7-10(8-6-9)13-18(15,16)4-2/h5-8,13H,3-4H2,1-2H3,(H,12,14). The van der Waals surface area contributed by atoms with Crippen LogP contribution in [0, 0.1) is 0 Å². The molecule has 0 aliphatic carbocycles. The number of carbonyl (C=O) groups is 1. The van der Waals surface area contributed by atoms with Crippen molar-refractivity contribution in [3.8, 4) is 0 Å². The number of hydrogen-bond donors (Lipinski definition) is 2. The third-order valence-corrected chi connectivity index (χ3v) is 3.37. The summed E-state index contributed by atoms with van der Waals surface area (Å²) < 4.78 is 29.7. The fraction of sp³-hybridized carbons (Fsp3) is 0.364. The Balaban J connectivity index is 2.66. The summed E-state index contributed by atoms with van der Waals surface area (Å²) in [5.74, 6) is 0.00975. The van der Waals surface area contributed by atoms with Gasteiger partial charge in [0.2, 0.25) is 10.0 Å². The molecule has 0 saturated heterocycles. The molecule has 0 heterocycles. The van der Waals surface area contributed by atoms with Crippen molar-refractivity contribution in [2.45, 2.75) is 13.8 Å². The minimum absolute atomic E-state index is 0.00975. The highest BCUT2D eigenvalue weighted by molar-refractivity contribution is 7.92. The number of rotatable bonds is 5. The highest BCUT2D eigenvalue weighted by Gasteiger charge is 2.07. The van der Waals surface area contributed by atoms with Crippen LogP contribution in [0.3, 0.4) is 0 Å². The van der Waals surface area contributed by atoms with Gasteiger partial charge >= 0.3 is 6.09 Å². The Labute approximate surface area is 106 Å². The zero-order valence-corrected chi connectivity index (χ0v) is 11.1. The zero-order valence-electron chi connectivity index (χ0n) is 10.3. The molecule has 0 saturated carbocycles. The molecule has 6 nitrogen and oxygen atoms in total. The molecule has 2 N–H and O–H groups in total. The summed E-state index contributed by atoms with van der Waals surface area (Å²) in [7, 11) is -3.28. The normalized spacial score (nSPS) is 10.8. The van der Waals surface area contributed by atoms with Crippen LogP contribution in [-0.2, 0) is 14.8 Å². The molecule has 0 unspecified atom stereocenters. The summed E-state index contributed by atoms with van der Waals surface area (Å²) in [6.07, 6.45) is -0.542. The lowest BCUT2D eigenvalue weighted by Crippen LogP contribution is -2.15. The van der Waals surface area contributed by atoms with E-state index < -0.39 is 16.1 Å². The van der Waals surface area contributed by atoms with Crippen molar-refractivity contribution in [3.63, 3.8) is 0 Å². The Hall–Kier alpha value is -1.76. The second kappa shape index (κ2) is 6.25. The lowest BCUT2D eigenvalue weighted by molar-refractivity contribution is 0.168. The van der Waals surface area contributed by atoms with Gasteiger partial charge in [0.1, 0.15) is 0 Å². The van der Waals surface area contributed by atoms with E-state index in [2.05, 4.69) is 10.0 Å². The molecule has 0 atom stereocenters. The van der Waals surface area contributed by atoms with E-state index in [9.17, 15) is 13.2 Å². The van der Waals surface area contributed by atoms with Crippen LogP contribution in [-0.4, -0.2) is 26.9 Å². The fourth-order valence-corrected chi connectivity index (χ4v) is 1.80. The van der Waals surface area contributed by atoms with Gasteiger partial charge in [0.15, 0.2) is 0 Å². The molecule has 0 aliphatic heterocycles. The molecule has 0 spiro atoms. The van der Waals surface area contributed by atoms with Crippen LogP contribution >= 0.6 is 0 Å². The Bertz CT molecular complexity index is 496. The lowest BCUT2D eigenvalue weighted by Gasteiger charge is -2.08. The Morgan fingerprint density at radius 2 is 1.72 bits per heavy atom. The number of benzene rings is 1. The van der Waals surface area contributed by atoms with E-state index in [0.29, 0.717) is 18.0 Å². The lowest BCUT2D eigenvalue weighted by atomic mass is 10.3. The largest absolute Gasteiger partial charge is 0.450 e. The average molecular weight is 272 g/mol. The Morgan fingerprint density at radius 1 is 1.17 bits per heavy atom. The van der Waals surface area contributed by atoms with Crippen molar-refractivity contribution >= 4 is 27.5 Å². The third-order valence-electron chi connectivity index (χ3n) is 2.06.